The Kier molecular flexibility index (Phi) is 4.27. The van der Waals surface area contributed by atoms with Crippen LogP contribution in [0.5, 0.6) is 5.75 Å². The normalized spacial score (nSPS) is 10.3. The molecule has 2 aromatic rings. The molecule has 2 rings (SSSR count). The average Bonchev–Trinajstić information content (AvgIpc) is 2.38. The van der Waals surface area contributed by atoms with Crippen LogP contribution in [0.1, 0.15) is 21.5 Å². The molecule has 98 valence electrons. The third-order valence-corrected chi connectivity index (χ3v) is 3.64. The first-order valence-electron chi connectivity index (χ1n) is 5.67. The summed E-state index contributed by atoms with van der Waals surface area (Å²) >= 11 is 9.42. The highest BCUT2D eigenvalue weighted by molar-refractivity contribution is 9.10. The lowest BCUT2D eigenvalue weighted by atomic mass is 10.0. The van der Waals surface area contributed by atoms with Crippen molar-refractivity contribution in [1.82, 2.24) is 0 Å². The highest BCUT2D eigenvalue weighted by Gasteiger charge is 2.14. The van der Waals surface area contributed by atoms with Gasteiger partial charge in [0.05, 0.1) is 12.1 Å². The third-order valence-electron chi connectivity index (χ3n) is 2.83. The fourth-order valence-electron chi connectivity index (χ4n) is 1.85. The number of hydrogen-bond donors (Lipinski definition) is 0. The molecule has 0 aromatic heterocycles. The number of ether oxygens (including phenoxy) is 1. The van der Waals surface area contributed by atoms with Crippen LogP contribution in [0.3, 0.4) is 0 Å². The number of rotatable bonds is 3. The molecule has 0 bridgehead atoms. The van der Waals surface area contributed by atoms with Crippen LogP contribution in [-0.4, -0.2) is 12.9 Å². The van der Waals surface area contributed by atoms with E-state index in [0.29, 0.717) is 16.1 Å². The summed E-state index contributed by atoms with van der Waals surface area (Å²) in [4.78, 5) is 12.4. The van der Waals surface area contributed by atoms with E-state index in [2.05, 4.69) is 15.9 Å². The Morgan fingerprint density at radius 1 is 1.21 bits per heavy atom. The van der Waals surface area contributed by atoms with Gasteiger partial charge in [-0.2, -0.15) is 0 Å². The molecule has 0 aliphatic heterocycles. The first-order chi connectivity index (χ1) is 9.02. The second-order valence-corrected chi connectivity index (χ2v) is 5.46. The topological polar surface area (TPSA) is 26.3 Å². The minimum Gasteiger partial charge on any atom is -0.496 e. The molecular formula is C15H12BrClO2. The maximum atomic E-state index is 12.4. The Balaban J connectivity index is 2.41. The first kappa shape index (κ1) is 14.1. The van der Waals surface area contributed by atoms with Crippen molar-refractivity contribution in [2.24, 2.45) is 0 Å². The van der Waals surface area contributed by atoms with Crippen LogP contribution < -0.4 is 4.74 Å². The smallest absolute Gasteiger partial charge is 0.194 e. The molecule has 0 atom stereocenters. The van der Waals surface area contributed by atoms with Gasteiger partial charge in [0.15, 0.2) is 5.78 Å². The fraction of sp³-hybridized carbons (Fsp3) is 0.133. The molecule has 2 aromatic carbocycles. The van der Waals surface area contributed by atoms with E-state index in [4.69, 9.17) is 16.3 Å². The Bertz CT molecular complexity index is 638. The number of halogens is 2. The lowest BCUT2D eigenvalue weighted by Crippen LogP contribution is -2.03. The molecule has 2 nitrogen and oxygen atoms in total. The van der Waals surface area contributed by atoms with Crippen LogP contribution in [0, 0.1) is 6.92 Å². The van der Waals surface area contributed by atoms with Gasteiger partial charge in [0.2, 0.25) is 0 Å². The summed E-state index contributed by atoms with van der Waals surface area (Å²) in [5, 5.41) is 0.438. The molecule has 0 saturated carbocycles. The quantitative estimate of drug-likeness (QED) is 0.761. The van der Waals surface area contributed by atoms with E-state index >= 15 is 0 Å². The van der Waals surface area contributed by atoms with Gasteiger partial charge in [0.1, 0.15) is 5.75 Å². The zero-order valence-corrected chi connectivity index (χ0v) is 12.9. The molecular weight excluding hydrogens is 328 g/mol. The molecule has 0 aliphatic carbocycles. The predicted octanol–water partition coefficient (Wildman–Crippen LogP) is 4.65. The largest absolute Gasteiger partial charge is 0.496 e. The van der Waals surface area contributed by atoms with Crippen molar-refractivity contribution in [2.45, 2.75) is 6.92 Å². The van der Waals surface area contributed by atoms with Crippen LogP contribution in [0.15, 0.2) is 40.9 Å². The van der Waals surface area contributed by atoms with Crippen LogP contribution in [-0.2, 0) is 0 Å². The summed E-state index contributed by atoms with van der Waals surface area (Å²) in [6.07, 6.45) is 0. The summed E-state index contributed by atoms with van der Waals surface area (Å²) in [5.41, 5.74) is 2.01. The highest BCUT2D eigenvalue weighted by Crippen LogP contribution is 2.25. The molecule has 0 fully saturated rings. The molecule has 0 radical (unpaired) electrons. The molecule has 4 heteroatoms. The van der Waals surface area contributed by atoms with Crippen molar-refractivity contribution < 1.29 is 9.53 Å². The van der Waals surface area contributed by atoms with Gasteiger partial charge in [0.25, 0.3) is 0 Å². The number of methoxy groups -OCH3 is 1. The number of hydrogen-bond acceptors (Lipinski definition) is 2. The van der Waals surface area contributed by atoms with Crippen molar-refractivity contribution in [3.8, 4) is 5.75 Å². The Morgan fingerprint density at radius 3 is 2.53 bits per heavy atom. The van der Waals surface area contributed by atoms with Crippen molar-refractivity contribution >= 4 is 33.3 Å². The van der Waals surface area contributed by atoms with Crippen molar-refractivity contribution in [1.29, 1.82) is 0 Å². The van der Waals surface area contributed by atoms with Gasteiger partial charge in [-0.3, -0.25) is 4.79 Å². The van der Waals surface area contributed by atoms with Gasteiger partial charge < -0.3 is 4.74 Å². The second kappa shape index (κ2) is 5.76. The maximum Gasteiger partial charge on any atom is 0.194 e. The van der Waals surface area contributed by atoms with E-state index < -0.39 is 0 Å². The van der Waals surface area contributed by atoms with Crippen LogP contribution in [0.2, 0.25) is 5.02 Å². The predicted molar refractivity (Wildman–Crippen MR) is 80.3 cm³/mol. The first-order valence-corrected chi connectivity index (χ1v) is 6.84. The van der Waals surface area contributed by atoms with Gasteiger partial charge in [0, 0.05) is 15.6 Å². The fourth-order valence-corrected chi connectivity index (χ4v) is 2.61. The zero-order valence-electron chi connectivity index (χ0n) is 10.5. The lowest BCUT2D eigenvalue weighted by molar-refractivity contribution is 0.103. The SMILES string of the molecule is COc1ccc(C(=O)c2ccc(Br)cc2Cl)cc1C. The molecule has 19 heavy (non-hydrogen) atoms. The van der Waals surface area contributed by atoms with Gasteiger partial charge in [-0.05, 0) is 48.9 Å². The molecule has 0 saturated heterocycles. The van der Waals surface area contributed by atoms with Crippen molar-refractivity contribution in [3.05, 3.63) is 62.6 Å². The van der Waals surface area contributed by atoms with Crippen molar-refractivity contribution in [3.63, 3.8) is 0 Å². The number of carbonyl (C=O) groups excluding carboxylic acids is 1. The van der Waals surface area contributed by atoms with Gasteiger partial charge >= 0.3 is 0 Å². The van der Waals surface area contributed by atoms with E-state index in [1.165, 1.54) is 0 Å². The number of carbonyl (C=O) groups is 1. The Hall–Kier alpha value is -1.32. The minimum atomic E-state index is -0.0942. The number of benzene rings is 2. The maximum absolute atomic E-state index is 12.4. The molecule has 0 N–H and O–H groups in total. The number of aryl methyl sites for hydroxylation is 1. The Morgan fingerprint density at radius 2 is 1.95 bits per heavy atom. The highest BCUT2D eigenvalue weighted by atomic mass is 79.9. The molecule has 0 aliphatic rings. The van der Waals surface area contributed by atoms with E-state index in [9.17, 15) is 4.79 Å². The number of ketones is 1. The van der Waals surface area contributed by atoms with Crippen LogP contribution in [0.4, 0.5) is 0 Å². The summed E-state index contributed by atoms with van der Waals surface area (Å²) in [6, 6.07) is 10.6. The minimum absolute atomic E-state index is 0.0942. The molecule has 0 amide bonds. The van der Waals surface area contributed by atoms with E-state index in [-0.39, 0.29) is 5.78 Å². The van der Waals surface area contributed by atoms with Crippen LogP contribution >= 0.6 is 27.5 Å². The molecule has 0 heterocycles. The third kappa shape index (κ3) is 2.99. The van der Waals surface area contributed by atoms with Crippen LogP contribution in [0.25, 0.3) is 0 Å². The zero-order chi connectivity index (χ0) is 14.0. The summed E-state index contributed by atoms with van der Waals surface area (Å²) in [5.74, 6) is 0.668. The average molecular weight is 340 g/mol. The lowest BCUT2D eigenvalue weighted by Gasteiger charge is -2.08. The summed E-state index contributed by atoms with van der Waals surface area (Å²) in [7, 11) is 1.61. The van der Waals surface area contributed by atoms with E-state index in [1.807, 2.05) is 6.92 Å². The Labute approximate surface area is 125 Å². The van der Waals surface area contributed by atoms with Gasteiger partial charge in [-0.15, -0.1) is 0 Å². The second-order valence-electron chi connectivity index (χ2n) is 4.14. The van der Waals surface area contributed by atoms with E-state index in [1.54, 1.807) is 43.5 Å². The standard InChI is InChI=1S/C15H12BrClO2/c1-9-7-10(3-6-14(9)19-2)15(18)12-5-4-11(16)8-13(12)17/h3-8H,1-2H3. The van der Waals surface area contributed by atoms with Crippen molar-refractivity contribution in [2.75, 3.05) is 7.11 Å². The van der Waals surface area contributed by atoms with Gasteiger partial charge in [-0.25, -0.2) is 0 Å². The van der Waals surface area contributed by atoms with Gasteiger partial charge in [-0.1, -0.05) is 27.5 Å². The summed E-state index contributed by atoms with van der Waals surface area (Å²) in [6.45, 7) is 1.90. The molecule has 0 spiro atoms. The monoisotopic (exact) mass is 338 g/mol. The van der Waals surface area contributed by atoms with E-state index in [0.717, 1.165) is 15.8 Å². The molecule has 0 unspecified atom stereocenters. The summed E-state index contributed by atoms with van der Waals surface area (Å²) < 4.78 is 6.03.